The molecular formula is C13H26N2. The molecule has 0 amide bonds. The Labute approximate surface area is 94.7 Å². The highest BCUT2D eigenvalue weighted by Crippen LogP contribution is 2.19. The third-order valence-corrected chi connectivity index (χ3v) is 3.48. The second-order valence-electron chi connectivity index (χ2n) is 4.78. The first-order chi connectivity index (χ1) is 7.19. The fourth-order valence-corrected chi connectivity index (χ4v) is 1.92. The van der Waals surface area contributed by atoms with Crippen LogP contribution in [-0.4, -0.2) is 36.6 Å². The summed E-state index contributed by atoms with van der Waals surface area (Å²) in [6.07, 6.45) is 4.76. The molecule has 1 rings (SSSR count). The van der Waals surface area contributed by atoms with Gasteiger partial charge in [0.25, 0.3) is 0 Å². The molecule has 0 aromatic carbocycles. The van der Waals surface area contributed by atoms with Gasteiger partial charge in [-0.15, -0.1) is 6.58 Å². The summed E-state index contributed by atoms with van der Waals surface area (Å²) in [5.41, 5.74) is 0. The van der Waals surface area contributed by atoms with Gasteiger partial charge in [-0.25, -0.2) is 0 Å². The van der Waals surface area contributed by atoms with Gasteiger partial charge >= 0.3 is 0 Å². The lowest BCUT2D eigenvalue weighted by molar-refractivity contribution is 0.184. The van der Waals surface area contributed by atoms with Crippen molar-refractivity contribution in [3.63, 3.8) is 0 Å². The van der Waals surface area contributed by atoms with Gasteiger partial charge in [0.1, 0.15) is 0 Å². The predicted octanol–water partition coefficient (Wildman–Crippen LogP) is 2.27. The largest absolute Gasteiger partial charge is 0.314 e. The van der Waals surface area contributed by atoms with E-state index >= 15 is 0 Å². The number of hydrogen-bond donors (Lipinski definition) is 1. The maximum absolute atomic E-state index is 3.82. The fraction of sp³-hybridized carbons (Fsp3) is 0.846. The van der Waals surface area contributed by atoms with Crippen molar-refractivity contribution < 1.29 is 0 Å². The molecule has 2 unspecified atom stereocenters. The summed E-state index contributed by atoms with van der Waals surface area (Å²) in [6, 6.07) is 1.47. The minimum absolute atomic E-state index is 0.638. The van der Waals surface area contributed by atoms with E-state index in [0.717, 1.165) is 25.7 Å². The normalized spacial score (nSPS) is 20.3. The molecule has 15 heavy (non-hydrogen) atoms. The summed E-state index contributed by atoms with van der Waals surface area (Å²) in [7, 11) is 0. The van der Waals surface area contributed by atoms with Crippen LogP contribution in [-0.2, 0) is 0 Å². The van der Waals surface area contributed by atoms with Crippen LogP contribution in [0, 0.1) is 5.92 Å². The number of likely N-dealkylation sites (N-methyl/N-ethyl adjacent to an activating group) is 1. The van der Waals surface area contributed by atoms with Crippen molar-refractivity contribution in [2.24, 2.45) is 5.92 Å². The Kier molecular flexibility index (Phi) is 5.34. The van der Waals surface area contributed by atoms with E-state index in [2.05, 4.69) is 37.6 Å². The standard InChI is InChI=1S/C13H26N2/c1-5-9-15(6-2)12(4)11(3)10-14-13-7-8-13/h5,11-14H,1,6-10H2,2-4H3. The lowest BCUT2D eigenvalue weighted by Crippen LogP contribution is -2.41. The summed E-state index contributed by atoms with van der Waals surface area (Å²) < 4.78 is 0. The van der Waals surface area contributed by atoms with Gasteiger partial charge in [0, 0.05) is 18.6 Å². The van der Waals surface area contributed by atoms with Crippen LogP contribution < -0.4 is 5.32 Å². The molecule has 0 radical (unpaired) electrons. The van der Waals surface area contributed by atoms with Gasteiger partial charge in [0.05, 0.1) is 0 Å². The first kappa shape index (κ1) is 12.7. The van der Waals surface area contributed by atoms with Gasteiger partial charge in [0.15, 0.2) is 0 Å². The second kappa shape index (κ2) is 6.29. The summed E-state index contributed by atoms with van der Waals surface area (Å²) in [6.45, 7) is 14.0. The molecule has 0 spiro atoms. The Morgan fingerprint density at radius 2 is 2.13 bits per heavy atom. The van der Waals surface area contributed by atoms with Crippen molar-refractivity contribution >= 4 is 0 Å². The molecule has 0 heterocycles. The van der Waals surface area contributed by atoms with Gasteiger partial charge < -0.3 is 5.32 Å². The topological polar surface area (TPSA) is 15.3 Å². The lowest BCUT2D eigenvalue weighted by atomic mass is 10.0. The molecule has 2 heteroatoms. The highest BCUT2D eigenvalue weighted by atomic mass is 15.1. The van der Waals surface area contributed by atoms with Gasteiger partial charge in [-0.2, -0.15) is 0 Å². The van der Waals surface area contributed by atoms with E-state index in [1.54, 1.807) is 0 Å². The molecule has 0 aromatic rings. The van der Waals surface area contributed by atoms with Crippen LogP contribution in [0.1, 0.15) is 33.6 Å². The van der Waals surface area contributed by atoms with E-state index in [-0.39, 0.29) is 0 Å². The molecule has 0 bridgehead atoms. The van der Waals surface area contributed by atoms with E-state index in [0.29, 0.717) is 12.0 Å². The minimum atomic E-state index is 0.638. The van der Waals surface area contributed by atoms with Crippen molar-refractivity contribution in [1.29, 1.82) is 0 Å². The van der Waals surface area contributed by atoms with Gasteiger partial charge in [-0.3, -0.25) is 4.90 Å². The third kappa shape index (κ3) is 4.35. The Morgan fingerprint density at radius 1 is 1.47 bits per heavy atom. The van der Waals surface area contributed by atoms with Crippen molar-refractivity contribution in [3.05, 3.63) is 12.7 Å². The van der Waals surface area contributed by atoms with Crippen LogP contribution in [0.5, 0.6) is 0 Å². The number of nitrogens with zero attached hydrogens (tertiary/aromatic N) is 1. The first-order valence-corrected chi connectivity index (χ1v) is 6.27. The second-order valence-corrected chi connectivity index (χ2v) is 4.78. The van der Waals surface area contributed by atoms with E-state index in [1.165, 1.54) is 12.8 Å². The first-order valence-electron chi connectivity index (χ1n) is 6.27. The zero-order chi connectivity index (χ0) is 11.3. The third-order valence-electron chi connectivity index (χ3n) is 3.48. The maximum Gasteiger partial charge on any atom is 0.0163 e. The summed E-state index contributed by atoms with van der Waals surface area (Å²) in [5.74, 6) is 0.713. The van der Waals surface area contributed by atoms with Crippen LogP contribution >= 0.6 is 0 Å². The zero-order valence-electron chi connectivity index (χ0n) is 10.5. The molecule has 88 valence electrons. The van der Waals surface area contributed by atoms with E-state index < -0.39 is 0 Å². The summed E-state index contributed by atoms with van der Waals surface area (Å²) in [5, 5.41) is 3.61. The Hall–Kier alpha value is -0.340. The highest BCUT2D eigenvalue weighted by molar-refractivity contribution is 4.84. The van der Waals surface area contributed by atoms with Crippen LogP contribution in [0.25, 0.3) is 0 Å². The van der Waals surface area contributed by atoms with Gasteiger partial charge in [-0.1, -0.05) is 19.9 Å². The molecule has 1 fully saturated rings. The molecule has 2 nitrogen and oxygen atoms in total. The Bertz CT molecular complexity index is 187. The maximum atomic E-state index is 3.82. The van der Waals surface area contributed by atoms with Crippen LogP contribution in [0.2, 0.25) is 0 Å². The number of rotatable bonds is 8. The fourth-order valence-electron chi connectivity index (χ4n) is 1.92. The molecule has 2 atom stereocenters. The van der Waals surface area contributed by atoms with E-state index in [1.807, 2.05) is 6.08 Å². The van der Waals surface area contributed by atoms with Crippen LogP contribution in [0.3, 0.4) is 0 Å². The molecule has 0 saturated heterocycles. The molecule has 1 N–H and O–H groups in total. The number of hydrogen-bond acceptors (Lipinski definition) is 2. The molecule has 1 saturated carbocycles. The average molecular weight is 210 g/mol. The molecule has 0 aromatic heterocycles. The minimum Gasteiger partial charge on any atom is -0.314 e. The molecule has 1 aliphatic carbocycles. The Morgan fingerprint density at radius 3 is 2.60 bits per heavy atom. The van der Waals surface area contributed by atoms with E-state index in [9.17, 15) is 0 Å². The quantitative estimate of drug-likeness (QED) is 0.618. The highest BCUT2D eigenvalue weighted by Gasteiger charge is 2.23. The SMILES string of the molecule is C=CCN(CC)C(C)C(C)CNC1CC1. The average Bonchev–Trinajstić information content (AvgIpc) is 3.05. The van der Waals surface area contributed by atoms with Crippen LogP contribution in [0.15, 0.2) is 12.7 Å². The van der Waals surface area contributed by atoms with E-state index in [4.69, 9.17) is 0 Å². The monoisotopic (exact) mass is 210 g/mol. The summed E-state index contributed by atoms with van der Waals surface area (Å²) >= 11 is 0. The predicted molar refractivity (Wildman–Crippen MR) is 67.1 cm³/mol. The molecule has 1 aliphatic rings. The summed E-state index contributed by atoms with van der Waals surface area (Å²) in [4.78, 5) is 2.48. The van der Waals surface area contributed by atoms with Crippen molar-refractivity contribution in [2.75, 3.05) is 19.6 Å². The van der Waals surface area contributed by atoms with Gasteiger partial charge in [-0.05, 0) is 38.8 Å². The van der Waals surface area contributed by atoms with Crippen molar-refractivity contribution in [1.82, 2.24) is 10.2 Å². The smallest absolute Gasteiger partial charge is 0.0163 e. The van der Waals surface area contributed by atoms with Crippen molar-refractivity contribution in [2.45, 2.75) is 45.7 Å². The molecule has 0 aliphatic heterocycles. The van der Waals surface area contributed by atoms with Crippen LogP contribution in [0.4, 0.5) is 0 Å². The molecular weight excluding hydrogens is 184 g/mol. The van der Waals surface area contributed by atoms with Crippen molar-refractivity contribution in [3.8, 4) is 0 Å². The lowest BCUT2D eigenvalue weighted by Gasteiger charge is -2.31. The number of nitrogens with one attached hydrogen (secondary N) is 1. The van der Waals surface area contributed by atoms with Gasteiger partial charge in [0.2, 0.25) is 0 Å². The zero-order valence-corrected chi connectivity index (χ0v) is 10.5. The Balaban J connectivity index is 2.26.